The summed E-state index contributed by atoms with van der Waals surface area (Å²) in [4.78, 5) is 28.6. The molecule has 1 saturated carbocycles. The Labute approximate surface area is 193 Å². The maximum absolute atomic E-state index is 12.8. The highest BCUT2D eigenvalue weighted by molar-refractivity contribution is 8.02. The minimum Gasteiger partial charge on any atom is -0.324 e. The number of nitrogens with zero attached hydrogens (tertiary/aromatic N) is 3. The van der Waals surface area contributed by atoms with E-state index in [0.717, 1.165) is 28.3 Å². The van der Waals surface area contributed by atoms with E-state index >= 15 is 0 Å². The van der Waals surface area contributed by atoms with E-state index in [2.05, 4.69) is 15.5 Å². The van der Waals surface area contributed by atoms with Gasteiger partial charge in [0.15, 0.2) is 4.34 Å². The third-order valence-corrected chi connectivity index (χ3v) is 7.81. The maximum Gasteiger partial charge on any atom is 0.237 e. The molecule has 6 nitrogen and oxygen atoms in total. The third kappa shape index (κ3) is 5.66. The van der Waals surface area contributed by atoms with Gasteiger partial charge in [0.25, 0.3) is 0 Å². The number of hydrogen-bond acceptors (Lipinski definition) is 7. The summed E-state index contributed by atoms with van der Waals surface area (Å²) in [5.74, 6) is -0.123. The summed E-state index contributed by atoms with van der Waals surface area (Å²) in [6, 6.07) is 18.1. The lowest BCUT2D eigenvalue weighted by Gasteiger charge is -2.15. The second-order valence-corrected chi connectivity index (χ2v) is 10.8. The molecule has 1 unspecified atom stereocenters. The number of carbonyl (C=O) groups is 2. The Kier molecular flexibility index (Phi) is 6.94. The molecule has 160 valence electrons. The standard InChI is InChI=1S/C22H22N4O2S3/c1-14(29-22-25-24-21(31-22)26(15(2)27)16-12-13-16)20(28)23-18-10-6-7-11-19(18)30-17-8-4-3-5-9-17/h3-11,14,16H,12-13H2,1-2H3,(H,23,28). The summed E-state index contributed by atoms with van der Waals surface area (Å²) in [6.45, 7) is 3.39. The van der Waals surface area contributed by atoms with Crippen LogP contribution in [-0.4, -0.2) is 33.3 Å². The minimum atomic E-state index is -0.359. The van der Waals surface area contributed by atoms with Gasteiger partial charge in [-0.3, -0.25) is 14.5 Å². The van der Waals surface area contributed by atoms with Gasteiger partial charge in [-0.15, -0.1) is 10.2 Å². The molecule has 4 rings (SSSR count). The van der Waals surface area contributed by atoms with Gasteiger partial charge in [-0.25, -0.2) is 0 Å². The fourth-order valence-electron chi connectivity index (χ4n) is 2.94. The van der Waals surface area contributed by atoms with Crippen LogP contribution >= 0.6 is 34.9 Å². The zero-order valence-electron chi connectivity index (χ0n) is 17.1. The van der Waals surface area contributed by atoms with Gasteiger partial charge in [0.1, 0.15) is 0 Å². The molecule has 0 bridgehead atoms. The number of amides is 2. The van der Waals surface area contributed by atoms with Crippen molar-refractivity contribution >= 4 is 57.5 Å². The van der Waals surface area contributed by atoms with Crippen molar-refractivity contribution in [3.05, 3.63) is 54.6 Å². The zero-order valence-corrected chi connectivity index (χ0v) is 19.6. The Bertz CT molecular complexity index is 1070. The van der Waals surface area contributed by atoms with Crippen LogP contribution in [-0.2, 0) is 9.59 Å². The Balaban J connectivity index is 1.40. The number of aromatic nitrogens is 2. The topological polar surface area (TPSA) is 75.2 Å². The fourth-order valence-corrected chi connectivity index (χ4v) is 5.97. The van der Waals surface area contributed by atoms with Crippen LogP contribution < -0.4 is 10.2 Å². The molecule has 1 atom stereocenters. The second kappa shape index (κ2) is 9.84. The van der Waals surface area contributed by atoms with E-state index in [1.165, 1.54) is 23.1 Å². The van der Waals surface area contributed by atoms with E-state index in [-0.39, 0.29) is 23.1 Å². The van der Waals surface area contributed by atoms with Crippen molar-refractivity contribution in [2.24, 2.45) is 0 Å². The summed E-state index contributed by atoms with van der Waals surface area (Å²) in [6.07, 6.45) is 2.00. The van der Waals surface area contributed by atoms with E-state index < -0.39 is 0 Å². The maximum atomic E-state index is 12.8. The average Bonchev–Trinajstić information content (AvgIpc) is 3.48. The SMILES string of the molecule is CC(=O)N(c1nnc(SC(C)C(=O)Nc2ccccc2Sc2ccccc2)s1)C1CC1. The van der Waals surface area contributed by atoms with Crippen LogP contribution in [0.15, 0.2) is 68.7 Å². The van der Waals surface area contributed by atoms with Gasteiger partial charge in [-0.1, -0.05) is 65.2 Å². The van der Waals surface area contributed by atoms with Crippen LogP contribution in [0.3, 0.4) is 0 Å². The van der Waals surface area contributed by atoms with Crippen LogP contribution in [0.1, 0.15) is 26.7 Å². The lowest BCUT2D eigenvalue weighted by Crippen LogP contribution is -2.30. The average molecular weight is 471 g/mol. The Morgan fingerprint density at radius 1 is 1.10 bits per heavy atom. The van der Waals surface area contributed by atoms with Crippen molar-refractivity contribution in [3.8, 4) is 0 Å². The molecule has 0 saturated heterocycles. The molecular formula is C22H22N4O2S3. The largest absolute Gasteiger partial charge is 0.324 e. The summed E-state index contributed by atoms with van der Waals surface area (Å²) in [5.41, 5.74) is 0.781. The highest BCUT2D eigenvalue weighted by Gasteiger charge is 2.34. The van der Waals surface area contributed by atoms with Crippen molar-refractivity contribution in [1.82, 2.24) is 10.2 Å². The molecule has 1 aliphatic carbocycles. The molecule has 3 aromatic rings. The number of nitrogens with one attached hydrogen (secondary N) is 1. The van der Waals surface area contributed by atoms with Gasteiger partial charge in [0.2, 0.25) is 16.9 Å². The van der Waals surface area contributed by atoms with E-state index in [0.29, 0.717) is 9.47 Å². The van der Waals surface area contributed by atoms with Gasteiger partial charge in [-0.05, 0) is 44.0 Å². The third-order valence-electron chi connectivity index (χ3n) is 4.62. The molecule has 1 fully saturated rings. The van der Waals surface area contributed by atoms with Crippen LogP contribution in [0, 0.1) is 0 Å². The second-order valence-electron chi connectivity index (χ2n) is 7.13. The summed E-state index contributed by atoms with van der Waals surface area (Å²) in [7, 11) is 0. The number of hydrogen-bond donors (Lipinski definition) is 1. The molecule has 1 aromatic heterocycles. The first-order valence-electron chi connectivity index (χ1n) is 9.94. The molecule has 0 spiro atoms. The first-order valence-corrected chi connectivity index (χ1v) is 12.5. The van der Waals surface area contributed by atoms with Gasteiger partial charge in [0, 0.05) is 22.8 Å². The molecule has 0 aliphatic heterocycles. The van der Waals surface area contributed by atoms with Crippen molar-refractivity contribution in [2.75, 3.05) is 10.2 Å². The zero-order chi connectivity index (χ0) is 21.8. The van der Waals surface area contributed by atoms with Gasteiger partial charge in [0.05, 0.1) is 10.9 Å². The number of benzene rings is 2. The molecule has 31 heavy (non-hydrogen) atoms. The van der Waals surface area contributed by atoms with Crippen LogP contribution in [0.2, 0.25) is 0 Å². The van der Waals surface area contributed by atoms with Gasteiger partial charge in [-0.2, -0.15) is 0 Å². The van der Waals surface area contributed by atoms with Crippen molar-refractivity contribution in [2.45, 2.75) is 52.1 Å². The van der Waals surface area contributed by atoms with E-state index in [9.17, 15) is 9.59 Å². The van der Waals surface area contributed by atoms with Gasteiger partial charge < -0.3 is 5.32 Å². The van der Waals surface area contributed by atoms with E-state index in [4.69, 9.17) is 0 Å². The number of anilines is 2. The van der Waals surface area contributed by atoms with Gasteiger partial charge >= 0.3 is 0 Å². The fraction of sp³-hybridized carbons (Fsp3) is 0.273. The van der Waals surface area contributed by atoms with Crippen molar-refractivity contribution < 1.29 is 9.59 Å². The smallest absolute Gasteiger partial charge is 0.237 e. The Morgan fingerprint density at radius 2 is 1.81 bits per heavy atom. The van der Waals surface area contributed by atoms with E-state index in [1.807, 2.05) is 61.5 Å². The molecular weight excluding hydrogens is 448 g/mol. The predicted octanol–water partition coefficient (Wildman–Crippen LogP) is 5.32. The molecule has 1 N–H and O–H groups in total. The lowest BCUT2D eigenvalue weighted by atomic mass is 10.3. The summed E-state index contributed by atoms with van der Waals surface area (Å²) < 4.78 is 0.677. The lowest BCUT2D eigenvalue weighted by molar-refractivity contribution is -0.117. The first kappa shape index (κ1) is 21.9. The number of para-hydroxylation sites is 1. The molecule has 1 aliphatic rings. The molecule has 2 aromatic carbocycles. The van der Waals surface area contributed by atoms with Crippen molar-refractivity contribution in [3.63, 3.8) is 0 Å². The van der Waals surface area contributed by atoms with Crippen LogP contribution in [0.5, 0.6) is 0 Å². The highest BCUT2D eigenvalue weighted by atomic mass is 32.2. The monoisotopic (exact) mass is 470 g/mol. The molecule has 2 amide bonds. The summed E-state index contributed by atoms with van der Waals surface area (Å²) in [5, 5.41) is 11.6. The van der Waals surface area contributed by atoms with E-state index in [1.54, 1.807) is 23.6 Å². The number of rotatable bonds is 8. The Morgan fingerprint density at radius 3 is 2.52 bits per heavy atom. The highest BCUT2D eigenvalue weighted by Crippen LogP contribution is 2.37. The Hall–Kier alpha value is -2.36. The number of carbonyl (C=O) groups excluding carboxylic acids is 2. The summed E-state index contributed by atoms with van der Waals surface area (Å²) >= 11 is 4.32. The normalized spacial score (nSPS) is 14.1. The van der Waals surface area contributed by atoms with Crippen LogP contribution in [0.25, 0.3) is 0 Å². The van der Waals surface area contributed by atoms with Crippen molar-refractivity contribution in [1.29, 1.82) is 0 Å². The molecule has 9 heteroatoms. The minimum absolute atomic E-state index is 0.0199. The predicted molar refractivity (Wildman–Crippen MR) is 127 cm³/mol. The molecule has 0 radical (unpaired) electrons. The number of thioether (sulfide) groups is 1. The molecule has 1 heterocycles. The first-order chi connectivity index (χ1) is 15.0. The van der Waals surface area contributed by atoms with Crippen LogP contribution in [0.4, 0.5) is 10.8 Å². The quantitative estimate of drug-likeness (QED) is 0.355.